The van der Waals surface area contributed by atoms with Gasteiger partial charge in [-0.25, -0.2) is 0 Å². The van der Waals surface area contributed by atoms with Crippen molar-refractivity contribution < 1.29 is 5.11 Å². The van der Waals surface area contributed by atoms with Crippen LogP contribution < -0.4 is 5.73 Å². The van der Waals surface area contributed by atoms with Gasteiger partial charge < -0.3 is 10.8 Å². The van der Waals surface area contributed by atoms with Crippen LogP contribution in [0.4, 0.5) is 0 Å². The van der Waals surface area contributed by atoms with Crippen LogP contribution in [0, 0.1) is 22.7 Å². The number of nitrogens with two attached hydrogens (primary N) is 1. The number of fused-ring (bicyclic) bond motifs is 4. The van der Waals surface area contributed by atoms with E-state index in [1.165, 1.54) is 25.7 Å². The lowest BCUT2D eigenvalue weighted by Gasteiger charge is -2.52. The molecule has 0 aromatic carbocycles. The Labute approximate surface area is 127 Å². The van der Waals surface area contributed by atoms with E-state index in [1.807, 2.05) is 6.08 Å². The third-order valence-electron chi connectivity index (χ3n) is 7.11. The fourth-order valence-electron chi connectivity index (χ4n) is 5.53. The van der Waals surface area contributed by atoms with Gasteiger partial charge >= 0.3 is 0 Å². The summed E-state index contributed by atoms with van der Waals surface area (Å²) in [5.74, 6) is 1.16. The van der Waals surface area contributed by atoms with E-state index < -0.39 is 0 Å². The van der Waals surface area contributed by atoms with Crippen molar-refractivity contribution in [3.63, 3.8) is 0 Å². The third-order valence-corrected chi connectivity index (χ3v) is 7.11. The lowest BCUT2D eigenvalue weighted by atomic mass is 9.53. The van der Waals surface area contributed by atoms with Gasteiger partial charge in [-0.1, -0.05) is 49.3 Å². The predicted octanol–water partition coefficient (Wildman–Crippen LogP) is 3.33. The molecule has 0 amide bonds. The average molecular weight is 285 g/mol. The topological polar surface area (TPSA) is 46.2 Å². The quantitative estimate of drug-likeness (QED) is 0.671. The molecule has 0 unspecified atom stereocenters. The number of rotatable bonds is 0. The molecule has 0 saturated heterocycles. The summed E-state index contributed by atoms with van der Waals surface area (Å²) in [6.07, 6.45) is 14.4. The Morgan fingerprint density at radius 1 is 1.19 bits per heavy atom. The minimum absolute atomic E-state index is 0.175. The van der Waals surface area contributed by atoms with Crippen LogP contribution in [-0.4, -0.2) is 17.3 Å². The van der Waals surface area contributed by atoms with E-state index in [1.54, 1.807) is 11.1 Å². The Morgan fingerprint density at radius 2 is 2.00 bits per heavy atom. The highest BCUT2D eigenvalue weighted by molar-refractivity contribution is 5.41. The molecular weight excluding hydrogens is 258 g/mol. The third kappa shape index (κ3) is 1.72. The smallest absolute Gasteiger partial charge is 0.0724 e. The van der Waals surface area contributed by atoms with E-state index in [4.69, 9.17) is 5.73 Å². The van der Waals surface area contributed by atoms with Crippen molar-refractivity contribution in [2.75, 3.05) is 0 Å². The largest absolute Gasteiger partial charge is 0.389 e. The van der Waals surface area contributed by atoms with Gasteiger partial charge in [0.15, 0.2) is 0 Å². The fraction of sp³-hybridized carbons (Fsp3) is 0.684. The first kappa shape index (κ1) is 13.8. The monoisotopic (exact) mass is 285 g/mol. The molecule has 2 heteroatoms. The minimum Gasteiger partial charge on any atom is -0.389 e. The first-order valence-corrected chi connectivity index (χ1v) is 8.49. The second-order valence-corrected chi connectivity index (χ2v) is 8.08. The molecule has 0 aliphatic heterocycles. The van der Waals surface area contributed by atoms with E-state index in [-0.39, 0.29) is 23.0 Å². The molecule has 0 fully saturated rings. The molecular formula is C19H27NO. The molecule has 0 aromatic heterocycles. The molecule has 0 heterocycles. The van der Waals surface area contributed by atoms with E-state index in [2.05, 4.69) is 32.1 Å². The maximum absolute atomic E-state index is 9.95. The lowest BCUT2D eigenvalue weighted by molar-refractivity contribution is 0.106. The van der Waals surface area contributed by atoms with Gasteiger partial charge in [-0.15, -0.1) is 0 Å². The highest BCUT2D eigenvalue weighted by atomic mass is 16.3. The Balaban J connectivity index is 1.80. The fourth-order valence-corrected chi connectivity index (χ4v) is 5.53. The molecule has 21 heavy (non-hydrogen) atoms. The van der Waals surface area contributed by atoms with Crippen LogP contribution in [-0.2, 0) is 0 Å². The molecule has 114 valence electrons. The molecule has 0 bridgehead atoms. The van der Waals surface area contributed by atoms with Crippen LogP contribution in [0.2, 0.25) is 0 Å². The molecule has 4 aliphatic rings. The van der Waals surface area contributed by atoms with E-state index in [0.29, 0.717) is 11.8 Å². The zero-order chi connectivity index (χ0) is 14.8. The van der Waals surface area contributed by atoms with E-state index in [9.17, 15) is 5.11 Å². The standard InChI is InChI=1S/C19H27NO/c1-18-9-7-13(21)11-12(18)3-4-14-15-5-6-17(20)19(15,2)10-8-16(14)18/h5-7,9,12-13,15,17,21H,3-4,8,10-11,20H2,1-2H3/t12-,13+,15+,17+,18+,19+/m1/s1. The highest BCUT2D eigenvalue weighted by Crippen LogP contribution is 2.60. The van der Waals surface area contributed by atoms with Crippen LogP contribution in [0.25, 0.3) is 0 Å². The van der Waals surface area contributed by atoms with Crippen molar-refractivity contribution in [2.45, 2.75) is 58.1 Å². The van der Waals surface area contributed by atoms with Gasteiger partial charge in [0, 0.05) is 17.4 Å². The molecule has 3 N–H and O–H groups in total. The zero-order valence-corrected chi connectivity index (χ0v) is 13.2. The Kier molecular flexibility index (Phi) is 2.84. The summed E-state index contributed by atoms with van der Waals surface area (Å²) in [5.41, 5.74) is 10.1. The number of hydrogen-bond acceptors (Lipinski definition) is 2. The summed E-state index contributed by atoms with van der Waals surface area (Å²) >= 11 is 0. The van der Waals surface area contributed by atoms with Crippen molar-refractivity contribution in [3.8, 4) is 0 Å². The lowest BCUT2D eigenvalue weighted by Crippen LogP contribution is -2.46. The SMILES string of the molecule is C[C@]12CCC3=C(CC[C@@H]4C[C@@H](O)C=C[C@]34C)[C@@H]1C=C[C@@H]2N. The Bertz CT molecular complexity index is 560. The van der Waals surface area contributed by atoms with Crippen molar-refractivity contribution in [3.05, 3.63) is 35.5 Å². The summed E-state index contributed by atoms with van der Waals surface area (Å²) in [5, 5.41) is 9.95. The van der Waals surface area contributed by atoms with Crippen LogP contribution >= 0.6 is 0 Å². The highest BCUT2D eigenvalue weighted by Gasteiger charge is 2.51. The predicted molar refractivity (Wildman–Crippen MR) is 85.6 cm³/mol. The molecule has 4 rings (SSSR count). The summed E-state index contributed by atoms with van der Waals surface area (Å²) in [6.45, 7) is 4.77. The van der Waals surface area contributed by atoms with Crippen LogP contribution in [0.15, 0.2) is 35.5 Å². The molecule has 0 aromatic rings. The first-order valence-electron chi connectivity index (χ1n) is 8.49. The van der Waals surface area contributed by atoms with Gasteiger partial charge in [-0.3, -0.25) is 0 Å². The Morgan fingerprint density at radius 3 is 2.81 bits per heavy atom. The van der Waals surface area contributed by atoms with E-state index >= 15 is 0 Å². The van der Waals surface area contributed by atoms with Gasteiger partial charge in [0.1, 0.15) is 0 Å². The first-order chi connectivity index (χ1) is 9.95. The van der Waals surface area contributed by atoms with Gasteiger partial charge in [-0.05, 0) is 43.4 Å². The Hall–Kier alpha value is -0.860. The number of allylic oxidation sites excluding steroid dienone is 4. The zero-order valence-electron chi connectivity index (χ0n) is 13.2. The van der Waals surface area contributed by atoms with Crippen molar-refractivity contribution in [2.24, 2.45) is 28.4 Å². The molecule has 0 saturated carbocycles. The summed E-state index contributed by atoms with van der Waals surface area (Å²) < 4.78 is 0. The molecule has 2 nitrogen and oxygen atoms in total. The average Bonchev–Trinajstić information content (AvgIpc) is 2.76. The van der Waals surface area contributed by atoms with Gasteiger partial charge in [-0.2, -0.15) is 0 Å². The van der Waals surface area contributed by atoms with Crippen LogP contribution in [0.5, 0.6) is 0 Å². The van der Waals surface area contributed by atoms with Gasteiger partial charge in [0.2, 0.25) is 0 Å². The summed E-state index contributed by atoms with van der Waals surface area (Å²) in [6, 6.07) is 0.214. The molecule has 0 spiro atoms. The second-order valence-electron chi connectivity index (χ2n) is 8.08. The molecule has 4 aliphatic carbocycles. The van der Waals surface area contributed by atoms with Crippen LogP contribution in [0.1, 0.15) is 46.0 Å². The van der Waals surface area contributed by atoms with Crippen molar-refractivity contribution in [1.29, 1.82) is 0 Å². The second kappa shape index (κ2) is 4.33. The normalized spacial score (nSPS) is 51.6. The molecule has 6 atom stereocenters. The maximum atomic E-state index is 9.95. The number of aliphatic hydroxyl groups is 1. The number of aliphatic hydroxyl groups excluding tert-OH is 1. The van der Waals surface area contributed by atoms with Crippen molar-refractivity contribution in [1.82, 2.24) is 0 Å². The van der Waals surface area contributed by atoms with Crippen molar-refractivity contribution >= 4 is 0 Å². The van der Waals surface area contributed by atoms with Gasteiger partial charge in [0.05, 0.1) is 6.10 Å². The minimum atomic E-state index is -0.237. The molecule has 0 radical (unpaired) electrons. The van der Waals surface area contributed by atoms with Crippen LogP contribution in [0.3, 0.4) is 0 Å². The summed E-state index contributed by atoms with van der Waals surface area (Å²) in [7, 11) is 0. The van der Waals surface area contributed by atoms with Gasteiger partial charge in [0.25, 0.3) is 0 Å². The number of hydrogen-bond donors (Lipinski definition) is 2. The maximum Gasteiger partial charge on any atom is 0.0724 e. The van der Waals surface area contributed by atoms with E-state index in [0.717, 1.165) is 6.42 Å². The summed E-state index contributed by atoms with van der Waals surface area (Å²) in [4.78, 5) is 0.